The normalized spacial score (nSPS) is 15.8. The van der Waals surface area contributed by atoms with Crippen molar-refractivity contribution in [2.75, 3.05) is 27.9 Å². The third-order valence-corrected chi connectivity index (χ3v) is 4.40. The number of nitrogens with two attached hydrogens (primary N) is 1. The largest absolute Gasteiger partial charge is 0.496 e. The molecule has 136 valence electrons. The standard InChI is InChI=1S/C17H26N2O4.ClH/c1-21-13-10-15(23-3)14(22-2)9-12(13)16(20)19-11-17(18)7-5-4-6-8-17;/h9-10H,4-8,11,18H2,1-3H3,(H,19,20);1H. The highest BCUT2D eigenvalue weighted by Gasteiger charge is 2.28. The van der Waals surface area contributed by atoms with Gasteiger partial charge in [-0.3, -0.25) is 4.79 Å². The molecule has 0 aromatic heterocycles. The minimum Gasteiger partial charge on any atom is -0.496 e. The molecule has 1 amide bonds. The number of ether oxygens (including phenoxy) is 3. The highest BCUT2D eigenvalue weighted by Crippen LogP contribution is 2.34. The van der Waals surface area contributed by atoms with Gasteiger partial charge in [0.25, 0.3) is 5.91 Å². The van der Waals surface area contributed by atoms with Crippen LogP contribution in [0.15, 0.2) is 12.1 Å². The van der Waals surface area contributed by atoms with Crippen molar-refractivity contribution in [3.63, 3.8) is 0 Å². The molecule has 24 heavy (non-hydrogen) atoms. The molecule has 2 rings (SSSR count). The summed E-state index contributed by atoms with van der Waals surface area (Å²) in [7, 11) is 4.59. The van der Waals surface area contributed by atoms with Crippen LogP contribution in [0.5, 0.6) is 17.2 Å². The monoisotopic (exact) mass is 358 g/mol. The van der Waals surface area contributed by atoms with Gasteiger partial charge < -0.3 is 25.3 Å². The summed E-state index contributed by atoms with van der Waals surface area (Å²) in [6.07, 6.45) is 5.33. The van der Waals surface area contributed by atoms with E-state index in [4.69, 9.17) is 19.9 Å². The van der Waals surface area contributed by atoms with Crippen molar-refractivity contribution in [3.05, 3.63) is 17.7 Å². The molecule has 0 aliphatic heterocycles. The molecule has 0 bridgehead atoms. The van der Waals surface area contributed by atoms with Crippen LogP contribution in [0.4, 0.5) is 0 Å². The van der Waals surface area contributed by atoms with Crippen molar-refractivity contribution >= 4 is 18.3 Å². The van der Waals surface area contributed by atoms with Gasteiger partial charge >= 0.3 is 0 Å². The van der Waals surface area contributed by atoms with E-state index in [9.17, 15) is 4.79 Å². The molecule has 0 spiro atoms. The van der Waals surface area contributed by atoms with Crippen LogP contribution < -0.4 is 25.3 Å². The van der Waals surface area contributed by atoms with E-state index in [1.54, 1.807) is 12.1 Å². The number of hydrogen-bond acceptors (Lipinski definition) is 5. The fourth-order valence-corrected chi connectivity index (χ4v) is 2.99. The number of nitrogens with one attached hydrogen (secondary N) is 1. The van der Waals surface area contributed by atoms with Gasteiger partial charge in [-0.25, -0.2) is 0 Å². The number of methoxy groups -OCH3 is 3. The Morgan fingerprint density at radius 3 is 2.12 bits per heavy atom. The van der Waals surface area contributed by atoms with E-state index in [0.717, 1.165) is 25.7 Å². The summed E-state index contributed by atoms with van der Waals surface area (Å²) in [6.45, 7) is 0.462. The van der Waals surface area contributed by atoms with Gasteiger partial charge in [0, 0.05) is 24.2 Å². The van der Waals surface area contributed by atoms with Crippen molar-refractivity contribution in [2.24, 2.45) is 5.73 Å². The summed E-state index contributed by atoms with van der Waals surface area (Å²) in [6, 6.07) is 3.27. The fourth-order valence-electron chi connectivity index (χ4n) is 2.99. The van der Waals surface area contributed by atoms with Crippen LogP contribution in [0.3, 0.4) is 0 Å². The summed E-state index contributed by atoms with van der Waals surface area (Å²) in [5.74, 6) is 1.22. The molecule has 0 heterocycles. The molecule has 0 saturated heterocycles. The molecule has 1 aliphatic carbocycles. The summed E-state index contributed by atoms with van der Waals surface area (Å²) in [4.78, 5) is 12.5. The Labute approximate surface area is 149 Å². The maximum absolute atomic E-state index is 12.5. The smallest absolute Gasteiger partial charge is 0.255 e. The minimum absolute atomic E-state index is 0. The van der Waals surface area contributed by atoms with Crippen LogP contribution in [0.25, 0.3) is 0 Å². The Balaban J connectivity index is 0.00000288. The average molecular weight is 359 g/mol. The van der Waals surface area contributed by atoms with Crippen molar-refractivity contribution in [1.29, 1.82) is 0 Å². The first-order chi connectivity index (χ1) is 11.0. The Kier molecular flexibility index (Phi) is 7.63. The van der Waals surface area contributed by atoms with Gasteiger partial charge in [-0.05, 0) is 12.8 Å². The molecule has 7 heteroatoms. The first-order valence-electron chi connectivity index (χ1n) is 7.90. The van der Waals surface area contributed by atoms with Crippen molar-refractivity contribution in [2.45, 2.75) is 37.6 Å². The van der Waals surface area contributed by atoms with E-state index in [1.165, 1.54) is 27.8 Å². The van der Waals surface area contributed by atoms with E-state index >= 15 is 0 Å². The molecule has 1 aromatic carbocycles. The molecule has 1 aromatic rings. The second-order valence-corrected chi connectivity index (χ2v) is 6.01. The zero-order valence-corrected chi connectivity index (χ0v) is 15.3. The quantitative estimate of drug-likeness (QED) is 0.816. The zero-order chi connectivity index (χ0) is 16.9. The Hall–Kier alpha value is -1.66. The second kappa shape index (κ2) is 8.99. The molecule has 1 aliphatic rings. The maximum atomic E-state index is 12.5. The molecular formula is C17H27ClN2O4. The van der Waals surface area contributed by atoms with Crippen LogP contribution in [0, 0.1) is 0 Å². The first kappa shape index (κ1) is 20.4. The van der Waals surface area contributed by atoms with Crippen LogP contribution in [0.2, 0.25) is 0 Å². The number of amides is 1. The number of carbonyl (C=O) groups is 1. The lowest BCUT2D eigenvalue weighted by Crippen LogP contribution is -2.51. The summed E-state index contributed by atoms with van der Waals surface area (Å²) in [5, 5.41) is 2.93. The van der Waals surface area contributed by atoms with Gasteiger partial charge in [0.05, 0.1) is 26.9 Å². The highest BCUT2D eigenvalue weighted by molar-refractivity contribution is 5.97. The Bertz CT molecular complexity index is 560. The summed E-state index contributed by atoms with van der Waals surface area (Å²) >= 11 is 0. The Morgan fingerprint density at radius 2 is 1.58 bits per heavy atom. The molecule has 1 fully saturated rings. The van der Waals surface area contributed by atoms with Gasteiger partial charge in [0.1, 0.15) is 5.75 Å². The van der Waals surface area contributed by atoms with Gasteiger partial charge in [-0.1, -0.05) is 19.3 Å². The van der Waals surface area contributed by atoms with E-state index in [2.05, 4.69) is 5.32 Å². The number of hydrogen-bond donors (Lipinski definition) is 2. The molecule has 1 saturated carbocycles. The number of rotatable bonds is 6. The molecule has 6 nitrogen and oxygen atoms in total. The number of halogens is 1. The van der Waals surface area contributed by atoms with Crippen LogP contribution in [0.1, 0.15) is 42.5 Å². The fraction of sp³-hybridized carbons (Fsp3) is 0.588. The van der Waals surface area contributed by atoms with E-state index < -0.39 is 0 Å². The average Bonchev–Trinajstić information content (AvgIpc) is 2.59. The summed E-state index contributed by atoms with van der Waals surface area (Å²) in [5.41, 5.74) is 6.47. The van der Waals surface area contributed by atoms with E-state index in [1.807, 2.05) is 0 Å². The molecule has 3 N–H and O–H groups in total. The maximum Gasteiger partial charge on any atom is 0.255 e. The van der Waals surface area contributed by atoms with Gasteiger partial charge in [0.2, 0.25) is 0 Å². The van der Waals surface area contributed by atoms with Crippen LogP contribution >= 0.6 is 12.4 Å². The summed E-state index contributed by atoms with van der Waals surface area (Å²) < 4.78 is 15.8. The van der Waals surface area contributed by atoms with Gasteiger partial charge in [0.15, 0.2) is 11.5 Å². The van der Waals surface area contributed by atoms with Crippen LogP contribution in [-0.2, 0) is 0 Å². The van der Waals surface area contributed by atoms with Crippen LogP contribution in [-0.4, -0.2) is 39.3 Å². The van der Waals surface area contributed by atoms with Gasteiger partial charge in [-0.2, -0.15) is 0 Å². The second-order valence-electron chi connectivity index (χ2n) is 6.01. The highest BCUT2D eigenvalue weighted by atomic mass is 35.5. The van der Waals surface area contributed by atoms with Crippen molar-refractivity contribution in [3.8, 4) is 17.2 Å². The lowest BCUT2D eigenvalue weighted by atomic mass is 9.82. The van der Waals surface area contributed by atoms with E-state index in [-0.39, 0.29) is 23.9 Å². The molecular weight excluding hydrogens is 332 g/mol. The van der Waals surface area contributed by atoms with Crippen molar-refractivity contribution < 1.29 is 19.0 Å². The first-order valence-corrected chi connectivity index (χ1v) is 7.90. The molecule has 0 atom stereocenters. The molecule has 0 radical (unpaired) electrons. The lowest BCUT2D eigenvalue weighted by molar-refractivity contribution is 0.0934. The number of benzene rings is 1. The van der Waals surface area contributed by atoms with E-state index in [0.29, 0.717) is 29.4 Å². The predicted octanol–water partition coefficient (Wildman–Crippen LogP) is 2.53. The predicted molar refractivity (Wildman–Crippen MR) is 95.7 cm³/mol. The molecule has 0 unspecified atom stereocenters. The topological polar surface area (TPSA) is 82.8 Å². The zero-order valence-electron chi connectivity index (χ0n) is 14.5. The van der Waals surface area contributed by atoms with Crippen molar-refractivity contribution in [1.82, 2.24) is 5.32 Å². The third kappa shape index (κ3) is 4.68. The SMILES string of the molecule is COc1cc(OC)c(C(=O)NCC2(N)CCCCC2)cc1OC.Cl. The minimum atomic E-state index is -0.308. The number of carbonyl (C=O) groups excluding carboxylic acids is 1. The third-order valence-electron chi connectivity index (χ3n) is 4.40. The Morgan fingerprint density at radius 1 is 1.04 bits per heavy atom. The lowest BCUT2D eigenvalue weighted by Gasteiger charge is -2.33. The van der Waals surface area contributed by atoms with Gasteiger partial charge in [-0.15, -0.1) is 12.4 Å².